The number of aryl methyl sites for hydroxylation is 1. The number of amides is 1. The first kappa shape index (κ1) is 17.9. The average molecular weight is 326 g/mol. The number of benzene rings is 1. The first-order chi connectivity index (χ1) is 11.7. The van der Waals surface area contributed by atoms with Crippen LogP contribution in [-0.4, -0.2) is 34.1 Å². The number of carbonyl (C=O) groups excluding carboxylic acids is 1. The zero-order valence-corrected chi connectivity index (χ0v) is 14.7. The van der Waals surface area contributed by atoms with Crippen LogP contribution in [0.15, 0.2) is 36.4 Å². The van der Waals surface area contributed by atoms with Crippen molar-refractivity contribution in [2.24, 2.45) is 0 Å². The monoisotopic (exact) mass is 326 g/mol. The van der Waals surface area contributed by atoms with Gasteiger partial charge in [-0.3, -0.25) is 4.79 Å². The summed E-state index contributed by atoms with van der Waals surface area (Å²) in [7, 11) is 0. The molecule has 24 heavy (non-hydrogen) atoms. The molecule has 0 saturated heterocycles. The summed E-state index contributed by atoms with van der Waals surface area (Å²) >= 11 is 0. The Bertz CT molecular complexity index is 649. The van der Waals surface area contributed by atoms with Gasteiger partial charge in [0.2, 0.25) is 0 Å². The van der Waals surface area contributed by atoms with Crippen molar-refractivity contribution < 1.29 is 4.79 Å². The molecule has 5 heteroatoms. The lowest BCUT2D eigenvalue weighted by atomic mass is 10.1. The molecule has 1 amide bonds. The SMILES string of the molecule is CCCN(CCC)C(=O)c1ccc(Nc2ccccc2CC)nn1. The number of hydrogen-bond acceptors (Lipinski definition) is 4. The summed E-state index contributed by atoms with van der Waals surface area (Å²) in [6, 6.07) is 11.7. The van der Waals surface area contributed by atoms with Crippen LogP contribution in [0, 0.1) is 0 Å². The third kappa shape index (κ3) is 4.54. The first-order valence-electron chi connectivity index (χ1n) is 8.67. The highest BCUT2D eigenvalue weighted by Crippen LogP contribution is 2.19. The van der Waals surface area contributed by atoms with Gasteiger partial charge in [-0.2, -0.15) is 0 Å². The van der Waals surface area contributed by atoms with Gasteiger partial charge in [-0.1, -0.05) is 39.0 Å². The molecule has 0 fully saturated rings. The maximum absolute atomic E-state index is 12.5. The summed E-state index contributed by atoms with van der Waals surface area (Å²) in [5.41, 5.74) is 2.63. The summed E-state index contributed by atoms with van der Waals surface area (Å²) in [4.78, 5) is 14.3. The molecule has 0 aliphatic rings. The molecular weight excluding hydrogens is 300 g/mol. The third-order valence-electron chi connectivity index (χ3n) is 3.82. The highest BCUT2D eigenvalue weighted by atomic mass is 16.2. The second-order valence-corrected chi connectivity index (χ2v) is 5.73. The maximum atomic E-state index is 12.5. The lowest BCUT2D eigenvalue weighted by Crippen LogP contribution is -2.33. The smallest absolute Gasteiger partial charge is 0.274 e. The van der Waals surface area contributed by atoms with Gasteiger partial charge in [-0.25, -0.2) is 0 Å². The van der Waals surface area contributed by atoms with Crippen LogP contribution in [0.1, 0.15) is 49.7 Å². The maximum Gasteiger partial charge on any atom is 0.274 e. The summed E-state index contributed by atoms with van der Waals surface area (Å²) in [5.74, 6) is 0.594. The van der Waals surface area contributed by atoms with Crippen molar-refractivity contribution >= 4 is 17.4 Å². The Morgan fingerprint density at radius 3 is 2.29 bits per heavy atom. The van der Waals surface area contributed by atoms with Gasteiger partial charge in [0.1, 0.15) is 0 Å². The quantitative estimate of drug-likeness (QED) is 0.795. The van der Waals surface area contributed by atoms with E-state index < -0.39 is 0 Å². The molecule has 1 aromatic heterocycles. The fourth-order valence-corrected chi connectivity index (χ4v) is 2.62. The van der Waals surface area contributed by atoms with Crippen molar-refractivity contribution in [1.82, 2.24) is 15.1 Å². The molecule has 1 heterocycles. The van der Waals surface area contributed by atoms with E-state index in [-0.39, 0.29) is 5.91 Å². The fraction of sp³-hybridized carbons (Fsp3) is 0.421. The molecule has 0 bridgehead atoms. The molecule has 0 aliphatic carbocycles. The minimum atomic E-state index is -0.0493. The van der Waals surface area contributed by atoms with Crippen molar-refractivity contribution in [2.45, 2.75) is 40.0 Å². The van der Waals surface area contributed by atoms with Crippen molar-refractivity contribution in [3.63, 3.8) is 0 Å². The van der Waals surface area contributed by atoms with E-state index in [4.69, 9.17) is 0 Å². The van der Waals surface area contributed by atoms with Gasteiger partial charge >= 0.3 is 0 Å². The van der Waals surface area contributed by atoms with Crippen LogP contribution in [0.5, 0.6) is 0 Å². The number of rotatable bonds is 8. The number of nitrogens with zero attached hydrogens (tertiary/aromatic N) is 3. The van der Waals surface area contributed by atoms with Crippen molar-refractivity contribution in [2.75, 3.05) is 18.4 Å². The summed E-state index contributed by atoms with van der Waals surface area (Å²) in [5, 5.41) is 11.5. The van der Waals surface area contributed by atoms with E-state index in [1.165, 1.54) is 5.56 Å². The Kier molecular flexibility index (Phi) is 6.73. The van der Waals surface area contributed by atoms with Crippen molar-refractivity contribution in [3.8, 4) is 0 Å². The largest absolute Gasteiger partial charge is 0.339 e. The van der Waals surface area contributed by atoms with E-state index in [0.717, 1.165) is 38.0 Å². The number of aromatic nitrogens is 2. The number of para-hydroxylation sites is 1. The fourth-order valence-electron chi connectivity index (χ4n) is 2.62. The van der Waals surface area contributed by atoms with E-state index in [1.807, 2.05) is 29.2 Å². The number of anilines is 2. The molecule has 0 spiro atoms. The Balaban J connectivity index is 2.11. The van der Waals surface area contributed by atoms with Crippen LogP contribution >= 0.6 is 0 Å². The highest BCUT2D eigenvalue weighted by molar-refractivity contribution is 5.92. The van der Waals surface area contributed by atoms with Crippen molar-refractivity contribution in [1.29, 1.82) is 0 Å². The molecule has 0 atom stereocenters. The summed E-state index contributed by atoms with van der Waals surface area (Å²) in [6.45, 7) is 7.75. The first-order valence-corrected chi connectivity index (χ1v) is 8.67. The van der Waals surface area contributed by atoms with Gasteiger partial charge < -0.3 is 10.2 Å². The predicted octanol–water partition coefficient (Wildman–Crippen LogP) is 4.04. The minimum Gasteiger partial charge on any atom is -0.339 e. The molecule has 1 N–H and O–H groups in total. The van der Waals surface area contributed by atoms with Gasteiger partial charge in [0, 0.05) is 18.8 Å². The average Bonchev–Trinajstić information content (AvgIpc) is 2.62. The molecular formula is C19H26N4O. The lowest BCUT2D eigenvalue weighted by Gasteiger charge is -2.20. The lowest BCUT2D eigenvalue weighted by molar-refractivity contribution is 0.0748. The molecule has 5 nitrogen and oxygen atoms in total. The summed E-state index contributed by atoms with van der Waals surface area (Å²) < 4.78 is 0. The Labute approximate surface area is 144 Å². The van der Waals surface area contributed by atoms with E-state index >= 15 is 0 Å². The molecule has 2 aromatic rings. The minimum absolute atomic E-state index is 0.0493. The molecule has 1 aromatic carbocycles. The van der Waals surface area contributed by atoms with Gasteiger partial charge in [-0.05, 0) is 43.0 Å². The summed E-state index contributed by atoms with van der Waals surface area (Å²) in [6.07, 6.45) is 2.81. The number of hydrogen-bond donors (Lipinski definition) is 1. The topological polar surface area (TPSA) is 58.1 Å². The highest BCUT2D eigenvalue weighted by Gasteiger charge is 2.16. The van der Waals surface area contributed by atoms with Crippen LogP contribution in [0.4, 0.5) is 11.5 Å². The number of nitrogens with one attached hydrogen (secondary N) is 1. The second kappa shape index (κ2) is 9.01. The molecule has 128 valence electrons. The van der Waals surface area contributed by atoms with Gasteiger partial charge in [0.05, 0.1) is 0 Å². The van der Waals surface area contributed by atoms with E-state index in [2.05, 4.69) is 42.4 Å². The normalized spacial score (nSPS) is 10.5. The van der Waals surface area contributed by atoms with E-state index in [9.17, 15) is 4.79 Å². The Hall–Kier alpha value is -2.43. The molecule has 2 rings (SSSR count). The van der Waals surface area contributed by atoms with Crippen LogP contribution in [0.2, 0.25) is 0 Å². The zero-order chi connectivity index (χ0) is 17.4. The van der Waals surface area contributed by atoms with Gasteiger partial charge in [-0.15, -0.1) is 10.2 Å². The van der Waals surface area contributed by atoms with E-state index in [0.29, 0.717) is 11.5 Å². The van der Waals surface area contributed by atoms with Crippen LogP contribution in [0.25, 0.3) is 0 Å². The zero-order valence-electron chi connectivity index (χ0n) is 14.7. The Morgan fingerprint density at radius 2 is 1.71 bits per heavy atom. The van der Waals surface area contributed by atoms with E-state index in [1.54, 1.807) is 6.07 Å². The van der Waals surface area contributed by atoms with Crippen LogP contribution in [-0.2, 0) is 6.42 Å². The Morgan fingerprint density at radius 1 is 1.00 bits per heavy atom. The van der Waals surface area contributed by atoms with Crippen LogP contribution in [0.3, 0.4) is 0 Å². The second-order valence-electron chi connectivity index (χ2n) is 5.73. The van der Waals surface area contributed by atoms with Crippen molar-refractivity contribution in [3.05, 3.63) is 47.7 Å². The molecule has 0 aliphatic heterocycles. The predicted molar refractivity (Wildman–Crippen MR) is 97.6 cm³/mol. The molecule has 0 radical (unpaired) electrons. The standard InChI is InChI=1S/C19H26N4O/c1-4-13-23(14-5-2)19(24)17-11-12-18(22-21-17)20-16-10-8-7-9-15(16)6-3/h7-12H,4-6,13-14H2,1-3H3,(H,20,22). The van der Waals surface area contributed by atoms with Gasteiger partial charge in [0.25, 0.3) is 5.91 Å². The molecule has 0 saturated carbocycles. The number of carbonyl (C=O) groups is 1. The molecule has 0 unspecified atom stereocenters. The van der Waals surface area contributed by atoms with Gasteiger partial charge in [0.15, 0.2) is 11.5 Å². The third-order valence-corrected chi connectivity index (χ3v) is 3.82. The van der Waals surface area contributed by atoms with Crippen LogP contribution < -0.4 is 5.32 Å².